The van der Waals surface area contributed by atoms with Crippen molar-refractivity contribution in [2.75, 3.05) is 5.32 Å². The summed E-state index contributed by atoms with van der Waals surface area (Å²) in [4.78, 5) is 4.51. The zero-order valence-corrected chi connectivity index (χ0v) is 11.2. The Morgan fingerprint density at radius 2 is 2.16 bits per heavy atom. The minimum atomic E-state index is -0.254. The first-order valence-electron chi connectivity index (χ1n) is 5.84. The molecule has 0 spiro atoms. The van der Waals surface area contributed by atoms with Crippen LogP contribution < -0.4 is 11.1 Å². The van der Waals surface area contributed by atoms with Crippen molar-refractivity contribution < 1.29 is 4.39 Å². The summed E-state index contributed by atoms with van der Waals surface area (Å²) in [5.74, 6) is 0.401. The van der Waals surface area contributed by atoms with Gasteiger partial charge in [-0.2, -0.15) is 0 Å². The van der Waals surface area contributed by atoms with Gasteiger partial charge in [0.05, 0.1) is 6.04 Å². The highest BCUT2D eigenvalue weighted by molar-refractivity contribution is 7.80. The highest BCUT2D eigenvalue weighted by atomic mass is 32.1. The fourth-order valence-electron chi connectivity index (χ4n) is 1.74. The van der Waals surface area contributed by atoms with Gasteiger partial charge in [-0.3, -0.25) is 0 Å². The van der Waals surface area contributed by atoms with Crippen LogP contribution in [0.5, 0.6) is 0 Å². The number of anilines is 1. The minimum Gasteiger partial charge on any atom is -0.389 e. The molecular weight excluding hydrogens is 261 g/mol. The van der Waals surface area contributed by atoms with Gasteiger partial charge < -0.3 is 11.1 Å². The molecule has 0 aliphatic carbocycles. The van der Waals surface area contributed by atoms with E-state index in [0.29, 0.717) is 10.8 Å². The van der Waals surface area contributed by atoms with E-state index in [0.717, 1.165) is 11.1 Å². The largest absolute Gasteiger partial charge is 0.389 e. The van der Waals surface area contributed by atoms with E-state index in [1.807, 2.05) is 13.0 Å². The molecule has 1 heterocycles. The molecule has 0 fully saturated rings. The Kier molecular flexibility index (Phi) is 4.06. The van der Waals surface area contributed by atoms with E-state index in [2.05, 4.69) is 10.3 Å². The summed E-state index contributed by atoms with van der Waals surface area (Å²) in [6.07, 6.45) is 1.63. The first kappa shape index (κ1) is 13.4. The lowest BCUT2D eigenvalue weighted by Crippen LogP contribution is -2.12. The predicted molar refractivity (Wildman–Crippen MR) is 78.6 cm³/mol. The second-order valence-electron chi connectivity index (χ2n) is 4.22. The zero-order valence-electron chi connectivity index (χ0n) is 10.4. The predicted octanol–water partition coefficient (Wildman–Crippen LogP) is 3.03. The van der Waals surface area contributed by atoms with Crippen LogP contribution in [0, 0.1) is 5.82 Å². The van der Waals surface area contributed by atoms with Crippen LogP contribution in [0.4, 0.5) is 10.2 Å². The van der Waals surface area contributed by atoms with Crippen LogP contribution in [0.3, 0.4) is 0 Å². The number of nitrogens with zero attached hydrogens (tertiary/aromatic N) is 1. The van der Waals surface area contributed by atoms with Crippen LogP contribution in [0.15, 0.2) is 42.6 Å². The molecule has 3 nitrogen and oxygen atoms in total. The van der Waals surface area contributed by atoms with E-state index in [4.69, 9.17) is 18.0 Å². The van der Waals surface area contributed by atoms with Crippen molar-refractivity contribution >= 4 is 23.0 Å². The molecule has 19 heavy (non-hydrogen) atoms. The quantitative estimate of drug-likeness (QED) is 0.842. The van der Waals surface area contributed by atoms with Crippen molar-refractivity contribution in [3.8, 4) is 0 Å². The van der Waals surface area contributed by atoms with Gasteiger partial charge in [-0.15, -0.1) is 0 Å². The lowest BCUT2D eigenvalue weighted by Gasteiger charge is -2.15. The molecule has 5 heteroatoms. The number of aromatic nitrogens is 1. The summed E-state index contributed by atoms with van der Waals surface area (Å²) in [5.41, 5.74) is 7.17. The number of pyridine rings is 1. The summed E-state index contributed by atoms with van der Waals surface area (Å²) in [7, 11) is 0. The topological polar surface area (TPSA) is 50.9 Å². The zero-order chi connectivity index (χ0) is 13.8. The van der Waals surface area contributed by atoms with Gasteiger partial charge in [0, 0.05) is 11.8 Å². The number of rotatable bonds is 4. The van der Waals surface area contributed by atoms with E-state index < -0.39 is 0 Å². The standard InChI is InChI=1S/C14H14FN3S/c1-9(10-3-2-4-12(15)7-10)18-13-8-11(14(16)19)5-6-17-13/h2-9H,1H3,(H2,16,19)(H,17,18). The highest BCUT2D eigenvalue weighted by Crippen LogP contribution is 2.19. The molecule has 1 aromatic carbocycles. The number of nitrogens with two attached hydrogens (primary N) is 1. The van der Waals surface area contributed by atoms with Crippen LogP contribution >= 0.6 is 12.2 Å². The Bertz CT molecular complexity index is 601. The third kappa shape index (κ3) is 3.48. The molecule has 98 valence electrons. The monoisotopic (exact) mass is 275 g/mol. The number of halogens is 1. The van der Waals surface area contributed by atoms with Gasteiger partial charge in [0.2, 0.25) is 0 Å². The molecule has 1 atom stereocenters. The maximum atomic E-state index is 13.2. The van der Waals surface area contributed by atoms with Crippen molar-refractivity contribution in [3.63, 3.8) is 0 Å². The smallest absolute Gasteiger partial charge is 0.127 e. The summed E-state index contributed by atoms with van der Waals surface area (Å²) in [6.45, 7) is 1.93. The van der Waals surface area contributed by atoms with E-state index in [-0.39, 0.29) is 11.9 Å². The summed E-state index contributed by atoms with van der Waals surface area (Å²) >= 11 is 4.92. The third-order valence-electron chi connectivity index (χ3n) is 2.76. The maximum Gasteiger partial charge on any atom is 0.127 e. The number of thiocarbonyl (C=S) groups is 1. The molecule has 2 aromatic rings. The van der Waals surface area contributed by atoms with Crippen LogP contribution in [-0.4, -0.2) is 9.97 Å². The second kappa shape index (κ2) is 5.75. The molecule has 1 aromatic heterocycles. The summed E-state index contributed by atoms with van der Waals surface area (Å²) in [6, 6.07) is 9.92. The van der Waals surface area contributed by atoms with E-state index in [1.54, 1.807) is 24.4 Å². The fraction of sp³-hybridized carbons (Fsp3) is 0.143. The Morgan fingerprint density at radius 1 is 1.37 bits per heavy atom. The Labute approximate surface area is 116 Å². The van der Waals surface area contributed by atoms with Crippen LogP contribution in [-0.2, 0) is 0 Å². The second-order valence-corrected chi connectivity index (χ2v) is 4.65. The Hall–Kier alpha value is -2.01. The lowest BCUT2D eigenvalue weighted by atomic mass is 10.1. The minimum absolute atomic E-state index is 0.0650. The van der Waals surface area contributed by atoms with E-state index in [9.17, 15) is 4.39 Å². The van der Waals surface area contributed by atoms with Crippen molar-refractivity contribution in [2.24, 2.45) is 5.73 Å². The number of hydrogen-bond donors (Lipinski definition) is 2. The van der Waals surface area contributed by atoms with E-state index >= 15 is 0 Å². The van der Waals surface area contributed by atoms with Gasteiger partial charge in [0.1, 0.15) is 16.6 Å². The molecule has 0 bridgehead atoms. The molecule has 0 aliphatic heterocycles. The van der Waals surface area contributed by atoms with Gasteiger partial charge in [0.15, 0.2) is 0 Å². The Morgan fingerprint density at radius 3 is 2.84 bits per heavy atom. The SMILES string of the molecule is CC(Nc1cc(C(N)=S)ccn1)c1cccc(F)c1. The van der Waals surface area contributed by atoms with Gasteiger partial charge in [-0.05, 0) is 36.8 Å². The number of benzene rings is 1. The normalized spacial score (nSPS) is 11.9. The lowest BCUT2D eigenvalue weighted by molar-refractivity contribution is 0.623. The van der Waals surface area contributed by atoms with Gasteiger partial charge in [-0.25, -0.2) is 9.37 Å². The molecule has 0 amide bonds. The van der Waals surface area contributed by atoms with Crippen molar-refractivity contribution in [1.29, 1.82) is 0 Å². The van der Waals surface area contributed by atoms with E-state index in [1.165, 1.54) is 12.1 Å². The summed E-state index contributed by atoms with van der Waals surface area (Å²) < 4.78 is 13.2. The van der Waals surface area contributed by atoms with Gasteiger partial charge in [-0.1, -0.05) is 24.4 Å². The summed E-state index contributed by atoms with van der Waals surface area (Å²) in [5, 5.41) is 3.19. The molecule has 1 unspecified atom stereocenters. The molecule has 0 radical (unpaired) electrons. The molecular formula is C14H14FN3S. The van der Waals surface area contributed by atoms with Crippen LogP contribution in [0.1, 0.15) is 24.1 Å². The Balaban J connectivity index is 2.17. The molecule has 0 aliphatic rings. The van der Waals surface area contributed by atoms with Crippen molar-refractivity contribution in [2.45, 2.75) is 13.0 Å². The van der Waals surface area contributed by atoms with Gasteiger partial charge in [0.25, 0.3) is 0 Å². The van der Waals surface area contributed by atoms with Crippen LogP contribution in [0.2, 0.25) is 0 Å². The third-order valence-corrected chi connectivity index (χ3v) is 2.99. The van der Waals surface area contributed by atoms with Crippen molar-refractivity contribution in [1.82, 2.24) is 4.98 Å². The first-order valence-corrected chi connectivity index (χ1v) is 6.25. The number of nitrogens with one attached hydrogen (secondary N) is 1. The van der Waals surface area contributed by atoms with Crippen LogP contribution in [0.25, 0.3) is 0 Å². The maximum absolute atomic E-state index is 13.2. The molecule has 0 saturated heterocycles. The first-order chi connectivity index (χ1) is 9.06. The van der Waals surface area contributed by atoms with Gasteiger partial charge >= 0.3 is 0 Å². The average Bonchev–Trinajstić information content (AvgIpc) is 2.39. The molecule has 2 rings (SSSR count). The number of hydrogen-bond acceptors (Lipinski definition) is 3. The van der Waals surface area contributed by atoms with Crippen molar-refractivity contribution in [3.05, 3.63) is 59.5 Å². The fourth-order valence-corrected chi connectivity index (χ4v) is 1.87. The highest BCUT2D eigenvalue weighted by Gasteiger charge is 2.07. The molecule has 0 saturated carbocycles. The average molecular weight is 275 g/mol. The molecule has 3 N–H and O–H groups in total.